The number of fused-ring (bicyclic) bond motifs is 1. The maximum absolute atomic E-state index is 14.0. The van der Waals surface area contributed by atoms with Crippen LogP contribution in [0.5, 0.6) is 11.5 Å². The fourth-order valence-electron chi connectivity index (χ4n) is 3.68. The minimum absolute atomic E-state index is 0.0784. The molecule has 136 valence electrons. The molecule has 2 aliphatic rings. The third-order valence-electron chi connectivity index (χ3n) is 5.17. The van der Waals surface area contributed by atoms with Crippen LogP contribution in [-0.4, -0.2) is 28.8 Å². The van der Waals surface area contributed by atoms with Gasteiger partial charge in [0.15, 0.2) is 0 Å². The van der Waals surface area contributed by atoms with Crippen LogP contribution in [0, 0.1) is 11.7 Å². The van der Waals surface area contributed by atoms with Crippen LogP contribution >= 0.6 is 0 Å². The number of aromatic hydroxyl groups is 1. The number of hydrogen-bond acceptors (Lipinski definition) is 4. The molecule has 0 radical (unpaired) electrons. The zero-order valence-electron chi connectivity index (χ0n) is 14.1. The Morgan fingerprint density at radius 3 is 2.81 bits per heavy atom. The number of amides is 1. The number of phenols is 1. The van der Waals surface area contributed by atoms with Crippen molar-refractivity contribution in [3.05, 3.63) is 58.9 Å². The number of rotatable bonds is 4. The largest absolute Gasteiger partial charge is 0.508 e. The number of benzene rings is 2. The summed E-state index contributed by atoms with van der Waals surface area (Å²) in [5, 5.41) is 22.1. The molecule has 5 nitrogen and oxygen atoms in total. The van der Waals surface area contributed by atoms with Gasteiger partial charge in [0.1, 0.15) is 17.3 Å². The molecule has 0 saturated heterocycles. The minimum atomic E-state index is -0.685. The summed E-state index contributed by atoms with van der Waals surface area (Å²) in [5.74, 6) is -0.500. The van der Waals surface area contributed by atoms with Crippen LogP contribution in [0.1, 0.15) is 40.4 Å². The Balaban J connectivity index is 1.61. The Bertz CT molecular complexity index is 848. The van der Waals surface area contributed by atoms with Crippen LogP contribution in [0.15, 0.2) is 36.4 Å². The van der Waals surface area contributed by atoms with E-state index in [1.54, 1.807) is 0 Å². The van der Waals surface area contributed by atoms with E-state index in [-0.39, 0.29) is 29.4 Å². The van der Waals surface area contributed by atoms with E-state index in [1.807, 2.05) is 18.2 Å². The van der Waals surface area contributed by atoms with E-state index in [1.165, 1.54) is 6.07 Å². The monoisotopic (exact) mass is 357 g/mol. The van der Waals surface area contributed by atoms with Gasteiger partial charge < -0.3 is 20.3 Å². The molecule has 1 aliphatic heterocycles. The van der Waals surface area contributed by atoms with Crippen LogP contribution in [0.25, 0.3) is 0 Å². The normalized spacial score (nSPS) is 22.1. The van der Waals surface area contributed by atoms with Crippen molar-refractivity contribution < 1.29 is 24.1 Å². The molecule has 26 heavy (non-hydrogen) atoms. The first-order valence-electron chi connectivity index (χ1n) is 8.74. The van der Waals surface area contributed by atoms with Crippen molar-refractivity contribution in [2.24, 2.45) is 5.92 Å². The molecule has 1 fully saturated rings. The zero-order chi connectivity index (χ0) is 18.3. The van der Waals surface area contributed by atoms with Crippen molar-refractivity contribution in [3.8, 4) is 11.5 Å². The standard InChI is InChI=1S/C20H20FNO4/c21-17-3-2-14(23)10-16(17)20(25)22-19(13-8-15(24)9-13)12-1-4-18-11(7-12)5-6-26-18/h1-4,7,10,13,15,19,23-24H,5-6,8-9H2,(H,22,25)/t13?,15?,19-/m0/s1. The molecule has 6 heteroatoms. The summed E-state index contributed by atoms with van der Waals surface area (Å²) in [7, 11) is 0. The number of carbonyl (C=O) groups excluding carboxylic acids is 1. The predicted molar refractivity (Wildman–Crippen MR) is 92.6 cm³/mol. The van der Waals surface area contributed by atoms with Crippen molar-refractivity contribution in [2.45, 2.75) is 31.4 Å². The zero-order valence-corrected chi connectivity index (χ0v) is 14.1. The van der Waals surface area contributed by atoms with Crippen molar-refractivity contribution in [1.82, 2.24) is 5.32 Å². The Morgan fingerprint density at radius 2 is 2.04 bits per heavy atom. The smallest absolute Gasteiger partial charge is 0.254 e. The second-order valence-electron chi connectivity index (χ2n) is 6.97. The van der Waals surface area contributed by atoms with Crippen molar-refractivity contribution in [1.29, 1.82) is 0 Å². The van der Waals surface area contributed by atoms with Gasteiger partial charge in [-0.3, -0.25) is 4.79 Å². The number of ether oxygens (including phenoxy) is 1. The molecule has 0 aromatic heterocycles. The van der Waals surface area contributed by atoms with Gasteiger partial charge in [0.05, 0.1) is 24.3 Å². The lowest BCUT2D eigenvalue weighted by atomic mass is 9.74. The first-order valence-corrected chi connectivity index (χ1v) is 8.74. The quantitative estimate of drug-likeness (QED) is 0.786. The fourth-order valence-corrected chi connectivity index (χ4v) is 3.68. The molecule has 0 unspecified atom stereocenters. The molecule has 3 N–H and O–H groups in total. The van der Waals surface area contributed by atoms with Crippen LogP contribution in [0.2, 0.25) is 0 Å². The van der Waals surface area contributed by atoms with Gasteiger partial charge in [0.25, 0.3) is 5.91 Å². The summed E-state index contributed by atoms with van der Waals surface area (Å²) in [5.41, 5.74) is 1.81. The van der Waals surface area contributed by atoms with Crippen molar-refractivity contribution >= 4 is 5.91 Å². The average molecular weight is 357 g/mol. The number of halogens is 1. The summed E-state index contributed by atoms with van der Waals surface area (Å²) in [6.45, 7) is 0.645. The first-order chi connectivity index (χ1) is 12.5. The number of phenolic OH excluding ortho intramolecular Hbond substituents is 1. The Kier molecular flexibility index (Phi) is 4.28. The van der Waals surface area contributed by atoms with Crippen LogP contribution in [-0.2, 0) is 6.42 Å². The average Bonchev–Trinajstić information content (AvgIpc) is 3.06. The highest BCUT2D eigenvalue weighted by Gasteiger charge is 2.36. The number of aliphatic hydroxyl groups excluding tert-OH is 1. The SMILES string of the molecule is O=C(N[C@@H](c1ccc2c(c1)CCO2)C1CC(O)C1)c1cc(O)ccc1F. The van der Waals surface area contributed by atoms with Crippen LogP contribution < -0.4 is 10.1 Å². The number of hydrogen-bond donors (Lipinski definition) is 3. The van der Waals surface area contributed by atoms with E-state index >= 15 is 0 Å². The maximum atomic E-state index is 14.0. The number of carbonyl (C=O) groups is 1. The van der Waals surface area contributed by atoms with Gasteiger partial charge in [-0.05, 0) is 60.2 Å². The third kappa shape index (κ3) is 3.12. The lowest BCUT2D eigenvalue weighted by Gasteiger charge is -2.38. The molecule has 1 heterocycles. The van der Waals surface area contributed by atoms with Gasteiger partial charge in [0.2, 0.25) is 0 Å². The number of aliphatic hydroxyl groups is 1. The molecule has 0 bridgehead atoms. The lowest BCUT2D eigenvalue weighted by Crippen LogP contribution is -2.41. The molecular formula is C20H20FNO4. The van der Waals surface area contributed by atoms with Gasteiger partial charge in [-0.1, -0.05) is 6.07 Å². The Hall–Kier alpha value is -2.60. The molecule has 1 atom stereocenters. The highest BCUT2D eigenvalue weighted by molar-refractivity contribution is 5.95. The minimum Gasteiger partial charge on any atom is -0.508 e. The third-order valence-corrected chi connectivity index (χ3v) is 5.17. The van der Waals surface area contributed by atoms with E-state index < -0.39 is 11.7 Å². The summed E-state index contributed by atoms with van der Waals surface area (Å²) in [6, 6.07) is 8.86. The van der Waals surface area contributed by atoms with Gasteiger partial charge in [-0.25, -0.2) is 4.39 Å². The van der Waals surface area contributed by atoms with E-state index in [9.17, 15) is 19.4 Å². The summed E-state index contributed by atoms with van der Waals surface area (Å²) < 4.78 is 19.5. The van der Waals surface area contributed by atoms with Gasteiger partial charge in [-0.2, -0.15) is 0 Å². The van der Waals surface area contributed by atoms with Gasteiger partial charge in [-0.15, -0.1) is 0 Å². The second kappa shape index (κ2) is 6.61. The molecule has 1 amide bonds. The topological polar surface area (TPSA) is 78.8 Å². The van der Waals surface area contributed by atoms with Crippen molar-refractivity contribution in [3.63, 3.8) is 0 Å². The van der Waals surface area contributed by atoms with Crippen LogP contribution in [0.4, 0.5) is 4.39 Å². The van der Waals surface area contributed by atoms with Crippen LogP contribution in [0.3, 0.4) is 0 Å². The highest BCUT2D eigenvalue weighted by Crippen LogP contribution is 2.40. The Labute approximate surface area is 150 Å². The van der Waals surface area contributed by atoms with Gasteiger partial charge in [0, 0.05) is 6.42 Å². The van der Waals surface area contributed by atoms with E-state index in [2.05, 4.69) is 5.32 Å². The molecular weight excluding hydrogens is 337 g/mol. The summed E-state index contributed by atoms with van der Waals surface area (Å²) in [4.78, 5) is 12.6. The van der Waals surface area contributed by atoms with E-state index in [0.29, 0.717) is 19.4 Å². The molecule has 2 aromatic rings. The Morgan fingerprint density at radius 1 is 1.23 bits per heavy atom. The van der Waals surface area contributed by atoms with E-state index in [0.717, 1.165) is 35.4 Å². The highest BCUT2D eigenvalue weighted by atomic mass is 19.1. The predicted octanol–water partition coefficient (Wildman–Crippen LogP) is 2.71. The first kappa shape index (κ1) is 16.8. The second-order valence-corrected chi connectivity index (χ2v) is 6.97. The lowest BCUT2D eigenvalue weighted by molar-refractivity contribution is 0.0234. The van der Waals surface area contributed by atoms with Crippen molar-refractivity contribution in [2.75, 3.05) is 6.61 Å². The van der Waals surface area contributed by atoms with Gasteiger partial charge >= 0.3 is 0 Å². The number of nitrogens with one attached hydrogen (secondary N) is 1. The molecule has 1 saturated carbocycles. The summed E-state index contributed by atoms with van der Waals surface area (Å²) >= 11 is 0. The summed E-state index contributed by atoms with van der Waals surface area (Å²) in [6.07, 6.45) is 1.62. The molecule has 4 rings (SSSR count). The molecule has 2 aromatic carbocycles. The molecule has 1 aliphatic carbocycles. The fraction of sp³-hybridized carbons (Fsp3) is 0.350. The van der Waals surface area contributed by atoms with E-state index in [4.69, 9.17) is 4.74 Å². The molecule has 0 spiro atoms. The maximum Gasteiger partial charge on any atom is 0.254 e.